The van der Waals surface area contributed by atoms with Gasteiger partial charge in [0.2, 0.25) is 0 Å². The van der Waals surface area contributed by atoms with Gasteiger partial charge in [-0.15, -0.1) is 0 Å². The van der Waals surface area contributed by atoms with Gasteiger partial charge in [-0.05, 0) is 44.4 Å². The maximum absolute atomic E-state index is 6.10. The molecule has 3 nitrogen and oxygen atoms in total. The van der Waals surface area contributed by atoms with E-state index in [2.05, 4.69) is 53.3 Å². The zero-order valence-corrected chi connectivity index (χ0v) is 13.9. The summed E-state index contributed by atoms with van der Waals surface area (Å²) in [7, 11) is 0. The molecule has 1 aliphatic rings. The van der Waals surface area contributed by atoms with Crippen molar-refractivity contribution in [3.63, 3.8) is 0 Å². The highest BCUT2D eigenvalue weighted by Crippen LogP contribution is 2.29. The second kappa shape index (κ2) is 8.01. The van der Waals surface area contributed by atoms with E-state index in [4.69, 9.17) is 9.47 Å². The number of halogens is 1. The van der Waals surface area contributed by atoms with Crippen LogP contribution in [0.3, 0.4) is 0 Å². The number of nitrogens with one attached hydrogen (secondary N) is 1. The lowest BCUT2D eigenvalue weighted by molar-refractivity contribution is 0.0495. The van der Waals surface area contributed by atoms with E-state index in [0.29, 0.717) is 12.0 Å². The van der Waals surface area contributed by atoms with Gasteiger partial charge >= 0.3 is 0 Å². The average Bonchev–Trinajstić information content (AvgIpc) is 2.46. The van der Waals surface area contributed by atoms with Crippen LogP contribution in [-0.2, 0) is 4.74 Å². The summed E-state index contributed by atoms with van der Waals surface area (Å²) in [4.78, 5) is 0. The van der Waals surface area contributed by atoms with Crippen LogP contribution in [0.15, 0.2) is 22.7 Å². The second-order valence-electron chi connectivity index (χ2n) is 5.33. The minimum absolute atomic E-state index is 0.304. The predicted octanol–water partition coefficient (Wildman–Crippen LogP) is 3.93. The van der Waals surface area contributed by atoms with Crippen molar-refractivity contribution in [2.24, 2.45) is 5.92 Å². The van der Waals surface area contributed by atoms with Gasteiger partial charge < -0.3 is 14.8 Å². The first-order valence-corrected chi connectivity index (χ1v) is 8.23. The van der Waals surface area contributed by atoms with Gasteiger partial charge in [0.1, 0.15) is 5.75 Å². The van der Waals surface area contributed by atoms with Gasteiger partial charge in [-0.25, -0.2) is 0 Å². The van der Waals surface area contributed by atoms with Crippen molar-refractivity contribution in [3.05, 3.63) is 28.2 Å². The molecule has 0 aliphatic carbocycles. The summed E-state index contributed by atoms with van der Waals surface area (Å²) in [6.45, 7) is 7.77. The summed E-state index contributed by atoms with van der Waals surface area (Å²) >= 11 is 3.53. The average molecular weight is 342 g/mol. The van der Waals surface area contributed by atoms with Crippen LogP contribution in [0.4, 0.5) is 0 Å². The van der Waals surface area contributed by atoms with Gasteiger partial charge in [-0.1, -0.05) is 28.9 Å². The Morgan fingerprint density at radius 2 is 2.15 bits per heavy atom. The van der Waals surface area contributed by atoms with Crippen LogP contribution in [-0.4, -0.2) is 26.4 Å². The number of hydrogen-bond donors (Lipinski definition) is 1. The van der Waals surface area contributed by atoms with E-state index >= 15 is 0 Å². The van der Waals surface area contributed by atoms with Crippen LogP contribution in [0.1, 0.15) is 38.3 Å². The lowest BCUT2D eigenvalue weighted by atomic mass is 10.0. The number of ether oxygens (including phenoxy) is 2. The fourth-order valence-electron chi connectivity index (χ4n) is 2.53. The molecule has 1 aliphatic heterocycles. The molecule has 1 N–H and O–H groups in total. The van der Waals surface area contributed by atoms with Crippen LogP contribution in [0.25, 0.3) is 0 Å². The number of rotatable bonds is 6. The van der Waals surface area contributed by atoms with E-state index in [1.54, 1.807) is 0 Å². The fraction of sp³-hybridized carbons (Fsp3) is 0.625. The summed E-state index contributed by atoms with van der Waals surface area (Å²) in [6.07, 6.45) is 2.21. The molecule has 2 rings (SSSR count). The molecule has 112 valence electrons. The van der Waals surface area contributed by atoms with E-state index in [1.807, 2.05) is 0 Å². The predicted molar refractivity (Wildman–Crippen MR) is 85.3 cm³/mol. The first-order valence-electron chi connectivity index (χ1n) is 7.44. The van der Waals surface area contributed by atoms with Crippen molar-refractivity contribution >= 4 is 15.9 Å². The first kappa shape index (κ1) is 15.8. The standard InChI is InChI=1S/C16H24BrNO2/c1-3-18-12(2)15-5-4-14(17)10-16(15)20-11-13-6-8-19-9-7-13/h4-5,10,12-13,18H,3,6-9,11H2,1-2H3. The van der Waals surface area contributed by atoms with E-state index in [0.717, 1.165) is 49.4 Å². The molecule has 20 heavy (non-hydrogen) atoms. The van der Waals surface area contributed by atoms with Crippen LogP contribution >= 0.6 is 15.9 Å². The minimum Gasteiger partial charge on any atom is -0.493 e. The first-order chi connectivity index (χ1) is 9.70. The van der Waals surface area contributed by atoms with E-state index in [1.165, 1.54) is 5.56 Å². The largest absolute Gasteiger partial charge is 0.493 e. The van der Waals surface area contributed by atoms with Crippen LogP contribution in [0.5, 0.6) is 5.75 Å². The Hall–Kier alpha value is -0.580. The molecule has 1 unspecified atom stereocenters. The molecule has 0 bridgehead atoms. The third kappa shape index (κ3) is 4.47. The smallest absolute Gasteiger partial charge is 0.125 e. The Morgan fingerprint density at radius 3 is 2.85 bits per heavy atom. The molecule has 1 atom stereocenters. The molecule has 4 heteroatoms. The Labute approximate surface area is 130 Å². The van der Waals surface area contributed by atoms with Crippen molar-refractivity contribution in [1.82, 2.24) is 5.32 Å². The van der Waals surface area contributed by atoms with Gasteiger partial charge in [-0.2, -0.15) is 0 Å². The molecule has 0 radical (unpaired) electrons. The molecule has 0 amide bonds. The lowest BCUT2D eigenvalue weighted by Crippen LogP contribution is -2.23. The third-order valence-electron chi connectivity index (χ3n) is 3.77. The summed E-state index contributed by atoms with van der Waals surface area (Å²) < 4.78 is 12.6. The van der Waals surface area contributed by atoms with Gasteiger partial charge in [0.05, 0.1) is 6.61 Å². The topological polar surface area (TPSA) is 30.5 Å². The van der Waals surface area contributed by atoms with Crippen LogP contribution < -0.4 is 10.1 Å². The van der Waals surface area contributed by atoms with Crippen LogP contribution in [0, 0.1) is 5.92 Å². The van der Waals surface area contributed by atoms with Gasteiger partial charge in [0.25, 0.3) is 0 Å². The SMILES string of the molecule is CCNC(C)c1ccc(Br)cc1OCC1CCOCC1. The quantitative estimate of drug-likeness (QED) is 0.850. The fourth-order valence-corrected chi connectivity index (χ4v) is 2.87. The van der Waals surface area contributed by atoms with Crippen molar-refractivity contribution in [3.8, 4) is 5.75 Å². The molecule has 0 spiro atoms. The highest BCUT2D eigenvalue weighted by molar-refractivity contribution is 9.10. The number of benzene rings is 1. The summed E-state index contributed by atoms with van der Waals surface area (Å²) in [5.74, 6) is 1.60. The molecule has 1 aromatic rings. The molecule has 0 saturated carbocycles. The Morgan fingerprint density at radius 1 is 1.40 bits per heavy atom. The zero-order chi connectivity index (χ0) is 14.4. The third-order valence-corrected chi connectivity index (χ3v) is 4.26. The minimum atomic E-state index is 0.304. The highest BCUT2D eigenvalue weighted by Gasteiger charge is 2.17. The maximum atomic E-state index is 6.10. The van der Waals surface area contributed by atoms with E-state index in [9.17, 15) is 0 Å². The van der Waals surface area contributed by atoms with E-state index in [-0.39, 0.29) is 0 Å². The van der Waals surface area contributed by atoms with Crippen molar-refractivity contribution in [2.45, 2.75) is 32.7 Å². The van der Waals surface area contributed by atoms with Crippen LogP contribution in [0.2, 0.25) is 0 Å². The van der Waals surface area contributed by atoms with Crippen molar-refractivity contribution in [1.29, 1.82) is 0 Å². The van der Waals surface area contributed by atoms with Gasteiger partial charge in [0.15, 0.2) is 0 Å². The number of hydrogen-bond acceptors (Lipinski definition) is 3. The molecular weight excluding hydrogens is 318 g/mol. The summed E-state index contributed by atoms with van der Waals surface area (Å²) in [6, 6.07) is 6.58. The molecular formula is C16H24BrNO2. The van der Waals surface area contributed by atoms with Crippen molar-refractivity contribution < 1.29 is 9.47 Å². The monoisotopic (exact) mass is 341 g/mol. The summed E-state index contributed by atoms with van der Waals surface area (Å²) in [5, 5.41) is 3.44. The molecule has 0 aromatic heterocycles. The summed E-state index contributed by atoms with van der Waals surface area (Å²) in [5.41, 5.74) is 1.22. The molecule has 1 heterocycles. The normalized spacial score (nSPS) is 17.9. The van der Waals surface area contributed by atoms with Crippen molar-refractivity contribution in [2.75, 3.05) is 26.4 Å². The molecule has 1 saturated heterocycles. The highest BCUT2D eigenvalue weighted by atomic mass is 79.9. The van der Waals surface area contributed by atoms with E-state index < -0.39 is 0 Å². The molecule has 1 aromatic carbocycles. The van der Waals surface area contributed by atoms with Gasteiger partial charge in [0, 0.05) is 29.3 Å². The molecule has 1 fully saturated rings. The van der Waals surface area contributed by atoms with Gasteiger partial charge in [-0.3, -0.25) is 0 Å². The zero-order valence-electron chi connectivity index (χ0n) is 12.3. The Bertz CT molecular complexity index is 419. The maximum Gasteiger partial charge on any atom is 0.125 e. The Kier molecular flexibility index (Phi) is 6.33. The Balaban J connectivity index is 2.02. The lowest BCUT2D eigenvalue weighted by Gasteiger charge is -2.24. The second-order valence-corrected chi connectivity index (χ2v) is 6.24.